The number of ether oxygens (including phenoxy) is 1. The van der Waals surface area contributed by atoms with Crippen molar-refractivity contribution in [1.29, 1.82) is 0 Å². The van der Waals surface area contributed by atoms with Gasteiger partial charge < -0.3 is 10.1 Å². The molecular weight excluding hydrogens is 268 g/mol. The summed E-state index contributed by atoms with van der Waals surface area (Å²) in [4.78, 5) is 4.39. The van der Waals surface area contributed by atoms with Crippen LogP contribution in [0.25, 0.3) is 0 Å². The fourth-order valence-corrected chi connectivity index (χ4v) is 2.91. The summed E-state index contributed by atoms with van der Waals surface area (Å²) in [5, 5.41) is 6.85. The van der Waals surface area contributed by atoms with E-state index >= 15 is 0 Å². The highest BCUT2D eigenvalue weighted by atomic mass is 32.1. The van der Waals surface area contributed by atoms with Gasteiger partial charge >= 0.3 is 0 Å². The van der Waals surface area contributed by atoms with Crippen molar-refractivity contribution in [2.45, 2.75) is 32.2 Å². The second-order valence-electron chi connectivity index (χ2n) is 4.84. The first-order valence-electron chi connectivity index (χ1n) is 7.06. The van der Waals surface area contributed by atoms with E-state index in [9.17, 15) is 0 Å². The van der Waals surface area contributed by atoms with Crippen LogP contribution < -0.4 is 10.1 Å². The second-order valence-corrected chi connectivity index (χ2v) is 5.82. The highest BCUT2D eigenvalue weighted by Crippen LogP contribution is 2.16. The Labute approximate surface area is 125 Å². The smallest absolute Gasteiger partial charge is 0.119 e. The molecule has 4 heteroatoms. The molecular formula is C16H22N2OS. The monoisotopic (exact) mass is 290 g/mol. The van der Waals surface area contributed by atoms with Gasteiger partial charge in [0.15, 0.2) is 0 Å². The lowest BCUT2D eigenvalue weighted by Crippen LogP contribution is -2.33. The average Bonchev–Trinajstić information content (AvgIpc) is 2.98. The van der Waals surface area contributed by atoms with Gasteiger partial charge in [0.25, 0.3) is 0 Å². The molecule has 1 atom stereocenters. The number of rotatable bonds is 8. The van der Waals surface area contributed by atoms with Crippen molar-refractivity contribution in [3.8, 4) is 5.75 Å². The van der Waals surface area contributed by atoms with Gasteiger partial charge in [-0.15, -0.1) is 11.3 Å². The van der Waals surface area contributed by atoms with Gasteiger partial charge in [-0.05, 0) is 37.1 Å². The highest BCUT2D eigenvalue weighted by Gasteiger charge is 2.12. The fraction of sp³-hybridized carbons (Fsp3) is 0.438. The summed E-state index contributed by atoms with van der Waals surface area (Å²) in [6, 6.07) is 8.73. The molecule has 0 aliphatic carbocycles. The van der Waals surface area contributed by atoms with E-state index in [4.69, 9.17) is 4.74 Å². The number of nitrogens with one attached hydrogen (secondary N) is 1. The largest absolute Gasteiger partial charge is 0.497 e. The van der Waals surface area contributed by atoms with Crippen LogP contribution in [0.5, 0.6) is 5.75 Å². The third-order valence-electron chi connectivity index (χ3n) is 3.20. The Hall–Kier alpha value is -1.39. The lowest BCUT2D eigenvalue weighted by Gasteiger charge is -2.18. The lowest BCUT2D eigenvalue weighted by atomic mass is 10.0. The van der Waals surface area contributed by atoms with Gasteiger partial charge in [-0.1, -0.05) is 19.1 Å². The molecule has 1 aromatic carbocycles. The van der Waals surface area contributed by atoms with Crippen LogP contribution in [0.3, 0.4) is 0 Å². The quantitative estimate of drug-likeness (QED) is 0.810. The zero-order valence-corrected chi connectivity index (χ0v) is 13.0. The number of hydrogen-bond acceptors (Lipinski definition) is 4. The standard InChI is InChI=1S/C16H22N2OS/c1-3-7-17-14(12-16-18-8-9-20-16)10-13-5-4-6-15(11-13)19-2/h4-6,8-9,11,14,17H,3,7,10,12H2,1-2H3. The maximum absolute atomic E-state index is 5.29. The molecule has 108 valence electrons. The van der Waals surface area contributed by atoms with Crippen molar-refractivity contribution in [1.82, 2.24) is 10.3 Å². The van der Waals surface area contributed by atoms with Gasteiger partial charge in [-0.2, -0.15) is 0 Å². The molecule has 0 saturated heterocycles. The summed E-state index contributed by atoms with van der Waals surface area (Å²) in [5.41, 5.74) is 1.30. The molecule has 20 heavy (non-hydrogen) atoms. The van der Waals surface area contributed by atoms with Gasteiger partial charge in [-0.25, -0.2) is 4.98 Å². The molecule has 2 rings (SSSR count). The molecule has 0 radical (unpaired) electrons. The molecule has 3 nitrogen and oxygen atoms in total. The van der Waals surface area contributed by atoms with Crippen molar-refractivity contribution in [2.24, 2.45) is 0 Å². The zero-order chi connectivity index (χ0) is 14.2. The van der Waals surface area contributed by atoms with E-state index in [1.54, 1.807) is 18.4 Å². The molecule has 1 heterocycles. The molecule has 1 aromatic heterocycles. The molecule has 0 bridgehead atoms. The SMILES string of the molecule is CCCNC(Cc1cccc(OC)c1)Cc1nccs1. The van der Waals surface area contributed by atoms with Gasteiger partial charge in [0.05, 0.1) is 12.1 Å². The van der Waals surface area contributed by atoms with Gasteiger partial charge in [-0.3, -0.25) is 0 Å². The van der Waals surface area contributed by atoms with E-state index < -0.39 is 0 Å². The van der Waals surface area contributed by atoms with Crippen LogP contribution >= 0.6 is 11.3 Å². The normalized spacial score (nSPS) is 12.3. The van der Waals surface area contributed by atoms with Crippen molar-refractivity contribution >= 4 is 11.3 Å². The Morgan fingerprint density at radius 3 is 2.95 bits per heavy atom. The fourth-order valence-electron chi connectivity index (χ4n) is 2.21. The first kappa shape index (κ1) is 15.0. The Balaban J connectivity index is 2.02. The topological polar surface area (TPSA) is 34.1 Å². The zero-order valence-electron chi connectivity index (χ0n) is 12.1. The van der Waals surface area contributed by atoms with E-state index in [1.165, 1.54) is 10.6 Å². The molecule has 0 spiro atoms. The molecule has 0 saturated carbocycles. The van der Waals surface area contributed by atoms with Crippen molar-refractivity contribution < 1.29 is 4.74 Å². The Kier molecular flexibility index (Phi) is 6.02. The van der Waals surface area contributed by atoms with Crippen LogP contribution in [0.4, 0.5) is 0 Å². The summed E-state index contributed by atoms with van der Waals surface area (Å²) in [7, 11) is 1.71. The third-order valence-corrected chi connectivity index (χ3v) is 4.01. The molecule has 0 aliphatic rings. The number of aromatic nitrogens is 1. The predicted molar refractivity (Wildman–Crippen MR) is 84.6 cm³/mol. The summed E-state index contributed by atoms with van der Waals surface area (Å²) in [6.07, 6.45) is 5.00. The minimum atomic E-state index is 0.424. The average molecular weight is 290 g/mol. The van der Waals surface area contributed by atoms with Crippen LogP contribution in [-0.4, -0.2) is 24.7 Å². The molecule has 0 fully saturated rings. The molecule has 0 aliphatic heterocycles. The summed E-state index contributed by atoms with van der Waals surface area (Å²) < 4.78 is 5.29. The first-order valence-corrected chi connectivity index (χ1v) is 7.94. The van der Waals surface area contributed by atoms with Crippen molar-refractivity contribution in [3.05, 3.63) is 46.4 Å². The van der Waals surface area contributed by atoms with Crippen LogP contribution in [0.1, 0.15) is 23.9 Å². The van der Waals surface area contributed by atoms with E-state index in [-0.39, 0.29) is 0 Å². The second kappa shape index (κ2) is 8.02. The number of hydrogen-bond donors (Lipinski definition) is 1. The molecule has 1 N–H and O–H groups in total. The Morgan fingerprint density at radius 1 is 1.35 bits per heavy atom. The molecule has 1 unspecified atom stereocenters. The molecule has 2 aromatic rings. The highest BCUT2D eigenvalue weighted by molar-refractivity contribution is 7.09. The van der Waals surface area contributed by atoms with Crippen LogP contribution in [-0.2, 0) is 12.8 Å². The minimum Gasteiger partial charge on any atom is -0.497 e. The van der Waals surface area contributed by atoms with Crippen molar-refractivity contribution in [2.75, 3.05) is 13.7 Å². The van der Waals surface area contributed by atoms with Gasteiger partial charge in [0.1, 0.15) is 5.75 Å². The molecule has 0 amide bonds. The van der Waals surface area contributed by atoms with Gasteiger partial charge in [0.2, 0.25) is 0 Å². The number of nitrogens with zero attached hydrogens (tertiary/aromatic N) is 1. The maximum atomic E-state index is 5.29. The summed E-state index contributed by atoms with van der Waals surface area (Å²) in [6.45, 7) is 3.24. The first-order chi connectivity index (χ1) is 9.81. The number of thiazole rings is 1. The maximum Gasteiger partial charge on any atom is 0.119 e. The van der Waals surface area contributed by atoms with E-state index in [1.807, 2.05) is 17.6 Å². The predicted octanol–water partition coefficient (Wildman–Crippen LogP) is 3.31. The third kappa shape index (κ3) is 4.62. The van der Waals surface area contributed by atoms with E-state index in [0.29, 0.717) is 6.04 Å². The summed E-state index contributed by atoms with van der Waals surface area (Å²) >= 11 is 1.73. The Morgan fingerprint density at radius 2 is 2.25 bits per heavy atom. The van der Waals surface area contributed by atoms with E-state index in [0.717, 1.165) is 31.6 Å². The van der Waals surface area contributed by atoms with Crippen LogP contribution in [0.2, 0.25) is 0 Å². The number of benzene rings is 1. The van der Waals surface area contributed by atoms with Gasteiger partial charge in [0, 0.05) is 24.0 Å². The van der Waals surface area contributed by atoms with Crippen LogP contribution in [0.15, 0.2) is 35.8 Å². The lowest BCUT2D eigenvalue weighted by molar-refractivity contribution is 0.413. The van der Waals surface area contributed by atoms with Crippen LogP contribution in [0, 0.1) is 0 Å². The Bertz CT molecular complexity index is 499. The minimum absolute atomic E-state index is 0.424. The van der Waals surface area contributed by atoms with Crippen molar-refractivity contribution in [3.63, 3.8) is 0 Å². The number of methoxy groups -OCH3 is 1. The van der Waals surface area contributed by atoms with E-state index in [2.05, 4.69) is 35.4 Å². The summed E-state index contributed by atoms with van der Waals surface area (Å²) in [5.74, 6) is 0.922.